The van der Waals surface area contributed by atoms with Gasteiger partial charge in [-0.3, -0.25) is 4.79 Å². The Labute approximate surface area is 172 Å². The molecular formula is C19H22ClF3N4O2. The molecule has 0 fully saturated rings. The number of hydrogen-bond acceptors (Lipinski definition) is 3. The van der Waals surface area contributed by atoms with Gasteiger partial charge >= 0.3 is 12.2 Å². The summed E-state index contributed by atoms with van der Waals surface area (Å²) < 4.78 is 38.9. The average Bonchev–Trinajstić information content (AvgIpc) is 2.60. The van der Waals surface area contributed by atoms with Gasteiger partial charge in [0.1, 0.15) is 0 Å². The number of halogens is 4. The number of hydrogen-bond donors (Lipinski definition) is 4. The number of nitrogens with one attached hydrogen (secondary N) is 3. The lowest BCUT2D eigenvalue weighted by atomic mass is 10.1. The molecule has 0 bridgehead atoms. The minimum atomic E-state index is -4.55. The van der Waals surface area contributed by atoms with Gasteiger partial charge in [0.25, 0.3) is 5.91 Å². The van der Waals surface area contributed by atoms with Gasteiger partial charge in [0.15, 0.2) is 0 Å². The van der Waals surface area contributed by atoms with Crippen molar-refractivity contribution in [2.75, 3.05) is 10.6 Å². The van der Waals surface area contributed by atoms with Crippen molar-refractivity contribution in [2.45, 2.75) is 32.6 Å². The van der Waals surface area contributed by atoms with E-state index in [4.69, 9.17) is 5.73 Å². The molecule has 0 aliphatic heterocycles. The molecule has 10 heteroatoms. The van der Waals surface area contributed by atoms with Crippen LogP contribution in [0, 0.1) is 0 Å². The maximum absolute atomic E-state index is 13.0. The standard InChI is InChI=1S/C19H21F3N4O2.ClH/c1-11(2)24-18(28)26-15-5-3-13(4-6-15)17(27)25-16-8-12(10-23)7-14(9-16)19(20,21)22;/h3-9,11H,10,23H2,1-2H3,(H,25,27)(H2,24,26,28);1H. The minimum Gasteiger partial charge on any atom is -0.336 e. The highest BCUT2D eigenvalue weighted by molar-refractivity contribution is 6.04. The Balaban J connectivity index is 0.00000420. The lowest BCUT2D eigenvalue weighted by molar-refractivity contribution is -0.137. The third-order valence-corrected chi connectivity index (χ3v) is 3.64. The molecule has 158 valence electrons. The predicted molar refractivity (Wildman–Crippen MR) is 108 cm³/mol. The second-order valence-corrected chi connectivity index (χ2v) is 6.41. The van der Waals surface area contributed by atoms with Crippen LogP contribution in [0.4, 0.5) is 29.3 Å². The van der Waals surface area contributed by atoms with E-state index in [-0.39, 0.29) is 47.8 Å². The molecule has 29 heavy (non-hydrogen) atoms. The first kappa shape index (κ1) is 24.3. The van der Waals surface area contributed by atoms with Crippen molar-refractivity contribution in [3.05, 3.63) is 59.2 Å². The molecule has 0 heterocycles. The summed E-state index contributed by atoms with van der Waals surface area (Å²) >= 11 is 0. The van der Waals surface area contributed by atoms with E-state index in [1.807, 2.05) is 13.8 Å². The lowest BCUT2D eigenvalue weighted by Gasteiger charge is -2.13. The van der Waals surface area contributed by atoms with Gasteiger partial charge in [0, 0.05) is 29.5 Å². The topological polar surface area (TPSA) is 96.2 Å². The van der Waals surface area contributed by atoms with E-state index in [1.165, 1.54) is 30.3 Å². The zero-order chi connectivity index (χ0) is 20.9. The molecule has 6 nitrogen and oxygen atoms in total. The summed E-state index contributed by atoms with van der Waals surface area (Å²) in [5.74, 6) is -0.583. The highest BCUT2D eigenvalue weighted by Crippen LogP contribution is 2.32. The molecule has 0 radical (unpaired) electrons. The molecule has 0 aromatic heterocycles. The predicted octanol–water partition coefficient (Wildman–Crippen LogP) is 4.37. The number of alkyl halides is 3. The van der Waals surface area contributed by atoms with E-state index >= 15 is 0 Å². The number of rotatable bonds is 5. The molecule has 0 saturated heterocycles. The maximum atomic E-state index is 13.0. The smallest absolute Gasteiger partial charge is 0.336 e. The van der Waals surface area contributed by atoms with Crippen molar-refractivity contribution in [3.8, 4) is 0 Å². The van der Waals surface area contributed by atoms with E-state index in [9.17, 15) is 22.8 Å². The van der Waals surface area contributed by atoms with Gasteiger partial charge in [-0.2, -0.15) is 13.2 Å². The van der Waals surface area contributed by atoms with E-state index in [0.717, 1.165) is 12.1 Å². The van der Waals surface area contributed by atoms with Gasteiger partial charge in [-0.25, -0.2) is 4.79 Å². The molecule has 0 atom stereocenters. The SMILES string of the molecule is CC(C)NC(=O)Nc1ccc(C(=O)Nc2cc(CN)cc(C(F)(F)F)c2)cc1.Cl. The number of urea groups is 1. The van der Waals surface area contributed by atoms with Crippen LogP contribution in [-0.2, 0) is 12.7 Å². The van der Waals surface area contributed by atoms with Crippen LogP contribution in [0.25, 0.3) is 0 Å². The average molecular weight is 431 g/mol. The van der Waals surface area contributed by atoms with Crippen molar-refractivity contribution >= 4 is 35.7 Å². The van der Waals surface area contributed by atoms with Crippen LogP contribution >= 0.6 is 12.4 Å². The first-order chi connectivity index (χ1) is 13.1. The zero-order valence-corrected chi connectivity index (χ0v) is 16.6. The van der Waals surface area contributed by atoms with Crippen molar-refractivity contribution in [1.82, 2.24) is 5.32 Å². The van der Waals surface area contributed by atoms with Gasteiger partial charge in [0.05, 0.1) is 5.56 Å². The maximum Gasteiger partial charge on any atom is 0.416 e. The van der Waals surface area contributed by atoms with E-state index in [1.54, 1.807) is 0 Å². The summed E-state index contributed by atoms with van der Waals surface area (Å²) in [5.41, 5.74) is 5.50. The van der Waals surface area contributed by atoms with Crippen LogP contribution < -0.4 is 21.7 Å². The van der Waals surface area contributed by atoms with Crippen LogP contribution in [-0.4, -0.2) is 18.0 Å². The van der Waals surface area contributed by atoms with Crippen LogP contribution in [0.3, 0.4) is 0 Å². The number of anilines is 2. The highest BCUT2D eigenvalue weighted by Gasteiger charge is 2.31. The van der Waals surface area contributed by atoms with Crippen molar-refractivity contribution in [1.29, 1.82) is 0 Å². The molecule has 2 aromatic carbocycles. The second kappa shape index (κ2) is 10.1. The Morgan fingerprint density at radius 2 is 1.62 bits per heavy atom. The summed E-state index contributed by atoms with van der Waals surface area (Å²) in [6.07, 6.45) is -4.55. The summed E-state index contributed by atoms with van der Waals surface area (Å²) in [4.78, 5) is 24.0. The van der Waals surface area contributed by atoms with Crippen molar-refractivity contribution in [3.63, 3.8) is 0 Å². The quantitative estimate of drug-likeness (QED) is 0.567. The fourth-order valence-corrected chi connectivity index (χ4v) is 2.38. The third kappa shape index (κ3) is 7.28. The van der Waals surface area contributed by atoms with Gasteiger partial charge < -0.3 is 21.7 Å². The van der Waals surface area contributed by atoms with Gasteiger partial charge in [0.2, 0.25) is 0 Å². The molecule has 0 saturated carbocycles. The Morgan fingerprint density at radius 3 is 2.14 bits per heavy atom. The first-order valence-electron chi connectivity index (χ1n) is 8.48. The van der Waals surface area contributed by atoms with E-state index in [2.05, 4.69) is 16.0 Å². The highest BCUT2D eigenvalue weighted by atomic mass is 35.5. The molecule has 0 spiro atoms. The van der Waals surface area contributed by atoms with E-state index < -0.39 is 17.6 Å². The van der Waals surface area contributed by atoms with Crippen LogP contribution in [0.15, 0.2) is 42.5 Å². The molecule has 2 rings (SSSR count). The normalized spacial score (nSPS) is 10.9. The van der Waals surface area contributed by atoms with Gasteiger partial charge in [-0.05, 0) is 61.9 Å². The van der Waals surface area contributed by atoms with Gasteiger partial charge in [-0.15, -0.1) is 12.4 Å². The molecule has 3 amide bonds. The molecule has 0 aliphatic rings. The summed E-state index contributed by atoms with van der Waals surface area (Å²) in [6, 6.07) is 8.72. The number of amides is 3. The zero-order valence-electron chi connectivity index (χ0n) is 15.8. The van der Waals surface area contributed by atoms with Gasteiger partial charge in [-0.1, -0.05) is 0 Å². The minimum absolute atomic E-state index is 0. The molecule has 2 aromatic rings. The Morgan fingerprint density at radius 1 is 1.00 bits per heavy atom. The van der Waals surface area contributed by atoms with Crippen molar-refractivity contribution < 1.29 is 22.8 Å². The largest absolute Gasteiger partial charge is 0.416 e. The molecular weight excluding hydrogens is 409 g/mol. The number of carbonyl (C=O) groups is 2. The summed E-state index contributed by atoms with van der Waals surface area (Å²) in [5, 5.41) is 7.70. The molecule has 0 unspecified atom stereocenters. The first-order valence-corrected chi connectivity index (χ1v) is 8.48. The Bertz CT molecular complexity index is 856. The monoisotopic (exact) mass is 430 g/mol. The summed E-state index contributed by atoms with van der Waals surface area (Å²) in [7, 11) is 0. The van der Waals surface area contributed by atoms with Crippen LogP contribution in [0.2, 0.25) is 0 Å². The van der Waals surface area contributed by atoms with Crippen molar-refractivity contribution in [2.24, 2.45) is 5.73 Å². The Kier molecular flexibility index (Phi) is 8.47. The fraction of sp³-hybridized carbons (Fsp3) is 0.263. The molecule has 5 N–H and O–H groups in total. The number of carbonyl (C=O) groups excluding carboxylic acids is 2. The second-order valence-electron chi connectivity index (χ2n) is 6.41. The summed E-state index contributed by atoms with van der Waals surface area (Å²) in [6.45, 7) is 3.54. The lowest BCUT2D eigenvalue weighted by Crippen LogP contribution is -2.34. The fourth-order valence-electron chi connectivity index (χ4n) is 2.38. The van der Waals surface area contributed by atoms with Crippen LogP contribution in [0.5, 0.6) is 0 Å². The number of nitrogens with two attached hydrogens (primary N) is 1. The third-order valence-electron chi connectivity index (χ3n) is 3.64. The van der Waals surface area contributed by atoms with Crippen LogP contribution in [0.1, 0.15) is 35.3 Å². The molecule has 0 aliphatic carbocycles. The van der Waals surface area contributed by atoms with E-state index in [0.29, 0.717) is 5.69 Å². The number of benzene rings is 2. The Hall–Kier alpha value is -2.78.